The number of unbranched alkanes of at least 4 members (excludes halogenated alkanes) is 2. The van der Waals surface area contributed by atoms with Crippen LogP contribution in [-0.4, -0.2) is 28.0 Å². The molecule has 0 heterocycles. The molecule has 0 rings (SSSR count). The van der Waals surface area contributed by atoms with Crippen molar-refractivity contribution in [2.24, 2.45) is 0 Å². The molecule has 0 amide bonds. The van der Waals surface area contributed by atoms with Crippen LogP contribution in [0.15, 0.2) is 12.2 Å². The van der Waals surface area contributed by atoms with Gasteiger partial charge in [0, 0.05) is 6.42 Å². The fraction of sp³-hybridized carbons (Fsp3) is 0.800. The lowest BCUT2D eigenvalue weighted by Gasteiger charge is -2.35. The van der Waals surface area contributed by atoms with E-state index in [9.17, 15) is 4.79 Å². The third kappa shape index (κ3) is 8.21. The summed E-state index contributed by atoms with van der Waals surface area (Å²) in [5.41, 5.74) is 0. The summed E-state index contributed by atoms with van der Waals surface area (Å²) in [4.78, 5) is 10.9. The van der Waals surface area contributed by atoms with Gasteiger partial charge in [0.25, 0.3) is 0 Å². The van der Waals surface area contributed by atoms with Crippen LogP contribution >= 0.6 is 0 Å². The summed E-state index contributed by atoms with van der Waals surface area (Å²) < 4.78 is 10.6. The highest BCUT2D eigenvalue weighted by Crippen LogP contribution is 2.36. The Labute approximate surface area is 119 Å². The molecule has 0 radical (unpaired) electrons. The molecular formula is C15H30O3Si. The van der Waals surface area contributed by atoms with E-state index >= 15 is 0 Å². The summed E-state index contributed by atoms with van der Waals surface area (Å²) >= 11 is 0. The quantitative estimate of drug-likeness (QED) is 0.289. The Morgan fingerprint density at radius 2 is 1.79 bits per heavy atom. The Hall–Kier alpha value is -0.613. The molecule has 0 N–H and O–H groups in total. The highest BCUT2D eigenvalue weighted by Gasteiger charge is 2.36. The molecule has 0 saturated heterocycles. The molecule has 0 aliphatic rings. The lowest BCUT2D eigenvalue weighted by molar-refractivity contribution is -0.140. The molecule has 0 unspecified atom stereocenters. The first-order chi connectivity index (χ1) is 8.70. The van der Waals surface area contributed by atoms with Crippen molar-refractivity contribution in [3.63, 3.8) is 0 Å². The fourth-order valence-electron chi connectivity index (χ4n) is 1.29. The molecule has 0 aromatic rings. The second kappa shape index (κ2) is 8.54. The van der Waals surface area contributed by atoms with Gasteiger partial charge in [-0.25, -0.2) is 0 Å². The highest BCUT2D eigenvalue weighted by atomic mass is 28.4. The second-order valence-electron chi connectivity index (χ2n) is 6.36. The number of allylic oxidation sites excluding steroid dienone is 1. The minimum absolute atomic E-state index is 0.120. The van der Waals surface area contributed by atoms with Crippen LogP contribution in [0.3, 0.4) is 0 Å². The zero-order chi connectivity index (χ0) is 14.9. The molecular weight excluding hydrogens is 256 g/mol. The predicted octanol–water partition coefficient (Wildman–Crippen LogP) is 4.30. The van der Waals surface area contributed by atoms with Crippen LogP contribution in [0.4, 0.5) is 0 Å². The van der Waals surface area contributed by atoms with Crippen molar-refractivity contribution < 1.29 is 14.0 Å². The minimum Gasteiger partial charge on any atom is -0.469 e. The maximum Gasteiger partial charge on any atom is 0.305 e. The number of ether oxygens (including phenoxy) is 1. The van der Waals surface area contributed by atoms with Gasteiger partial charge in [-0.1, -0.05) is 32.9 Å². The van der Waals surface area contributed by atoms with Crippen molar-refractivity contribution in [2.45, 2.75) is 64.6 Å². The summed E-state index contributed by atoms with van der Waals surface area (Å²) in [5.74, 6) is -0.120. The minimum atomic E-state index is -1.61. The lowest BCUT2D eigenvalue weighted by Crippen LogP contribution is -2.40. The van der Waals surface area contributed by atoms with Gasteiger partial charge in [0.1, 0.15) is 0 Å². The molecule has 0 spiro atoms. The van der Waals surface area contributed by atoms with Gasteiger partial charge in [0.05, 0.1) is 13.7 Å². The molecule has 0 aromatic heterocycles. The summed E-state index contributed by atoms with van der Waals surface area (Å²) in [5, 5.41) is 0.265. The van der Waals surface area contributed by atoms with E-state index in [0.29, 0.717) is 13.0 Å². The summed E-state index contributed by atoms with van der Waals surface area (Å²) in [6, 6.07) is 0. The maximum atomic E-state index is 10.9. The van der Waals surface area contributed by atoms with Crippen molar-refractivity contribution in [1.29, 1.82) is 0 Å². The van der Waals surface area contributed by atoms with Crippen molar-refractivity contribution >= 4 is 14.3 Å². The average Bonchev–Trinajstić information content (AvgIpc) is 2.30. The second-order valence-corrected chi connectivity index (χ2v) is 11.2. The molecule has 0 aromatic carbocycles. The first-order valence-corrected chi connectivity index (χ1v) is 9.97. The first kappa shape index (κ1) is 18.4. The first-order valence-electron chi connectivity index (χ1n) is 7.06. The van der Waals surface area contributed by atoms with Gasteiger partial charge in [-0.2, -0.15) is 0 Å². The van der Waals surface area contributed by atoms with Gasteiger partial charge in [0.2, 0.25) is 0 Å². The van der Waals surface area contributed by atoms with Gasteiger partial charge < -0.3 is 9.16 Å². The topological polar surface area (TPSA) is 35.5 Å². The van der Waals surface area contributed by atoms with E-state index < -0.39 is 8.32 Å². The molecule has 112 valence electrons. The Morgan fingerprint density at radius 3 is 2.32 bits per heavy atom. The molecule has 0 aliphatic heterocycles. The van der Waals surface area contributed by atoms with Crippen molar-refractivity contribution in [1.82, 2.24) is 0 Å². The van der Waals surface area contributed by atoms with Crippen molar-refractivity contribution in [3.8, 4) is 0 Å². The van der Waals surface area contributed by atoms with Crippen LogP contribution in [0.1, 0.15) is 46.5 Å². The molecule has 0 aliphatic carbocycles. The van der Waals surface area contributed by atoms with Gasteiger partial charge in [0.15, 0.2) is 8.32 Å². The van der Waals surface area contributed by atoms with Crippen molar-refractivity contribution in [3.05, 3.63) is 12.2 Å². The largest absolute Gasteiger partial charge is 0.469 e. The van der Waals surface area contributed by atoms with E-state index in [4.69, 9.17) is 4.43 Å². The van der Waals surface area contributed by atoms with Crippen molar-refractivity contribution in [2.75, 3.05) is 13.7 Å². The summed E-state index contributed by atoms with van der Waals surface area (Å²) in [7, 11) is -0.182. The third-order valence-electron chi connectivity index (χ3n) is 3.74. The lowest BCUT2D eigenvalue weighted by atomic mass is 10.2. The van der Waals surface area contributed by atoms with E-state index in [-0.39, 0.29) is 11.0 Å². The fourth-order valence-corrected chi connectivity index (χ4v) is 2.24. The summed E-state index contributed by atoms with van der Waals surface area (Å²) in [6.45, 7) is 12.0. The number of methoxy groups -OCH3 is 1. The van der Waals surface area contributed by atoms with E-state index in [1.54, 1.807) is 0 Å². The van der Waals surface area contributed by atoms with E-state index in [0.717, 1.165) is 19.3 Å². The SMILES string of the molecule is COC(=O)CCCC/C=C/CO[Si](C)(C)C(C)(C)C. The average molecular weight is 286 g/mol. The van der Waals surface area contributed by atoms with E-state index in [2.05, 4.69) is 50.8 Å². The number of rotatable bonds is 8. The smallest absolute Gasteiger partial charge is 0.305 e. The summed E-state index contributed by atoms with van der Waals surface area (Å²) in [6.07, 6.45) is 7.66. The Kier molecular flexibility index (Phi) is 8.26. The standard InChI is InChI=1S/C15H30O3Si/c1-15(2,3)19(5,6)18-13-11-9-7-8-10-12-14(16)17-4/h9,11H,7-8,10,12-13H2,1-6H3/b11-9+. The van der Waals surface area contributed by atoms with Crippen LogP contribution in [0.25, 0.3) is 0 Å². The third-order valence-corrected chi connectivity index (χ3v) is 8.24. The monoisotopic (exact) mass is 286 g/mol. The zero-order valence-electron chi connectivity index (χ0n) is 13.4. The Morgan fingerprint density at radius 1 is 1.16 bits per heavy atom. The Balaban J connectivity index is 3.68. The molecule has 0 saturated carbocycles. The molecule has 0 fully saturated rings. The number of esters is 1. The Bertz CT molecular complexity index is 290. The molecule has 3 nitrogen and oxygen atoms in total. The van der Waals surface area contributed by atoms with Gasteiger partial charge in [-0.05, 0) is 37.4 Å². The molecule has 0 atom stereocenters. The molecule has 19 heavy (non-hydrogen) atoms. The van der Waals surface area contributed by atoms with Gasteiger partial charge in [-0.15, -0.1) is 0 Å². The van der Waals surface area contributed by atoms with Crippen LogP contribution < -0.4 is 0 Å². The van der Waals surface area contributed by atoms with Crippen LogP contribution in [0.5, 0.6) is 0 Å². The van der Waals surface area contributed by atoms with Crippen LogP contribution in [0, 0.1) is 0 Å². The molecule has 4 heteroatoms. The number of hydrogen-bond acceptors (Lipinski definition) is 3. The highest BCUT2D eigenvalue weighted by molar-refractivity contribution is 6.74. The van der Waals surface area contributed by atoms with E-state index in [1.165, 1.54) is 7.11 Å². The normalized spacial score (nSPS) is 12.9. The number of carbonyl (C=O) groups is 1. The predicted molar refractivity (Wildman–Crippen MR) is 82.8 cm³/mol. The van der Waals surface area contributed by atoms with Gasteiger partial charge in [-0.3, -0.25) is 4.79 Å². The zero-order valence-corrected chi connectivity index (χ0v) is 14.4. The van der Waals surface area contributed by atoms with E-state index in [1.807, 2.05) is 0 Å². The van der Waals surface area contributed by atoms with Gasteiger partial charge >= 0.3 is 5.97 Å². The maximum absolute atomic E-state index is 10.9. The van der Waals surface area contributed by atoms with Crippen LogP contribution in [0.2, 0.25) is 18.1 Å². The molecule has 0 bridgehead atoms. The van der Waals surface area contributed by atoms with Crippen LogP contribution in [-0.2, 0) is 14.0 Å². The number of hydrogen-bond donors (Lipinski definition) is 0. The number of carbonyl (C=O) groups excluding carboxylic acids is 1.